The summed E-state index contributed by atoms with van der Waals surface area (Å²) in [6.45, 7) is 24.7. The lowest BCUT2D eigenvalue weighted by Crippen LogP contribution is -2.42. The maximum absolute atomic E-state index is 2.56. The molecule has 0 heteroatoms. The molecule has 0 aromatic heterocycles. The minimum absolute atomic E-state index is 0.447. The van der Waals surface area contributed by atoms with E-state index in [1.54, 1.807) is 0 Å². The van der Waals surface area contributed by atoms with Gasteiger partial charge in [0.2, 0.25) is 0 Å². The van der Waals surface area contributed by atoms with Crippen LogP contribution in [0.15, 0.2) is 0 Å². The molecular formula is C20H40. The van der Waals surface area contributed by atoms with Gasteiger partial charge in [0.05, 0.1) is 0 Å². The van der Waals surface area contributed by atoms with Crippen LogP contribution in [0.25, 0.3) is 0 Å². The largest absolute Gasteiger partial charge is 0.0651 e. The molecule has 1 saturated carbocycles. The second-order valence-corrected chi connectivity index (χ2v) is 9.37. The van der Waals surface area contributed by atoms with Crippen molar-refractivity contribution in [1.29, 1.82) is 0 Å². The monoisotopic (exact) mass is 280 g/mol. The van der Waals surface area contributed by atoms with E-state index in [9.17, 15) is 0 Å². The average Bonchev–Trinajstić information content (AvgIpc) is 3.12. The highest BCUT2D eigenvalue weighted by atomic mass is 14.7. The molecule has 1 rings (SSSR count). The molecule has 1 aliphatic carbocycles. The fourth-order valence-electron chi connectivity index (χ4n) is 4.99. The van der Waals surface area contributed by atoms with Gasteiger partial charge in [-0.1, -0.05) is 82.1 Å². The topological polar surface area (TPSA) is 0 Å². The van der Waals surface area contributed by atoms with E-state index in [-0.39, 0.29) is 0 Å². The molecular weight excluding hydrogens is 240 g/mol. The van der Waals surface area contributed by atoms with Gasteiger partial charge in [0.25, 0.3) is 0 Å². The minimum atomic E-state index is 0.447. The van der Waals surface area contributed by atoms with Crippen LogP contribution in [0, 0.1) is 39.9 Å². The molecule has 0 aliphatic heterocycles. The summed E-state index contributed by atoms with van der Waals surface area (Å²) in [6, 6.07) is 0. The van der Waals surface area contributed by atoms with Crippen LogP contribution in [0.5, 0.6) is 0 Å². The Hall–Kier alpha value is 0. The Morgan fingerprint density at radius 2 is 1.45 bits per heavy atom. The standard InChI is InChI=1S/C20H40/c1-11-14(3)16(5)20(13-17(20)18(6,7)8)19(9,10)15(4)12-2/h14-17H,11-13H2,1-10H3. The second kappa shape index (κ2) is 5.65. The summed E-state index contributed by atoms with van der Waals surface area (Å²) in [7, 11) is 0. The van der Waals surface area contributed by atoms with Gasteiger partial charge in [0.1, 0.15) is 0 Å². The van der Waals surface area contributed by atoms with Gasteiger partial charge in [-0.25, -0.2) is 0 Å². The van der Waals surface area contributed by atoms with Crippen molar-refractivity contribution < 1.29 is 0 Å². The molecule has 0 spiro atoms. The number of hydrogen-bond donors (Lipinski definition) is 0. The van der Waals surface area contributed by atoms with E-state index in [2.05, 4.69) is 69.2 Å². The average molecular weight is 281 g/mol. The zero-order chi connectivity index (χ0) is 15.9. The smallest absolute Gasteiger partial charge is 0.0179 e. The SMILES string of the molecule is CCC(C)C(C)C1(C(C)(C)C(C)CC)CC1C(C)(C)C. The first-order chi connectivity index (χ1) is 8.96. The maximum Gasteiger partial charge on any atom is -0.0179 e. The van der Waals surface area contributed by atoms with Gasteiger partial charge in [-0.3, -0.25) is 0 Å². The van der Waals surface area contributed by atoms with Crippen molar-refractivity contribution in [3.63, 3.8) is 0 Å². The molecule has 0 saturated heterocycles. The lowest BCUT2D eigenvalue weighted by Gasteiger charge is -2.48. The molecule has 0 N–H and O–H groups in total. The first-order valence-electron chi connectivity index (χ1n) is 8.96. The Labute approximate surface area is 129 Å². The molecule has 0 aromatic rings. The quantitative estimate of drug-likeness (QED) is 0.502. The third-order valence-electron chi connectivity index (χ3n) is 7.40. The van der Waals surface area contributed by atoms with Crippen molar-refractivity contribution in [3.05, 3.63) is 0 Å². The lowest BCUT2D eigenvalue weighted by molar-refractivity contribution is 0.00425. The van der Waals surface area contributed by atoms with Crippen molar-refractivity contribution in [3.8, 4) is 0 Å². The molecule has 1 fully saturated rings. The molecule has 0 radical (unpaired) electrons. The van der Waals surface area contributed by atoms with Crippen molar-refractivity contribution in [2.45, 2.75) is 88.5 Å². The summed E-state index contributed by atoms with van der Waals surface area (Å²) < 4.78 is 0. The molecule has 0 nitrogen and oxygen atoms in total. The molecule has 0 heterocycles. The van der Waals surface area contributed by atoms with Crippen LogP contribution in [0.4, 0.5) is 0 Å². The van der Waals surface area contributed by atoms with Crippen LogP contribution in [-0.2, 0) is 0 Å². The van der Waals surface area contributed by atoms with Gasteiger partial charge in [-0.15, -0.1) is 0 Å². The van der Waals surface area contributed by atoms with Crippen molar-refractivity contribution in [1.82, 2.24) is 0 Å². The van der Waals surface area contributed by atoms with Crippen LogP contribution in [0.2, 0.25) is 0 Å². The van der Waals surface area contributed by atoms with E-state index in [0.717, 1.165) is 23.7 Å². The highest BCUT2D eigenvalue weighted by molar-refractivity contribution is 5.16. The Balaban J connectivity index is 3.19. The number of rotatable bonds is 6. The zero-order valence-electron chi connectivity index (χ0n) is 15.9. The molecule has 20 heavy (non-hydrogen) atoms. The maximum atomic E-state index is 2.56. The fourth-order valence-corrected chi connectivity index (χ4v) is 4.99. The molecule has 5 unspecified atom stereocenters. The van der Waals surface area contributed by atoms with Crippen LogP contribution in [0.1, 0.15) is 88.5 Å². The van der Waals surface area contributed by atoms with Gasteiger partial charge in [0, 0.05) is 0 Å². The van der Waals surface area contributed by atoms with E-state index >= 15 is 0 Å². The Bertz CT molecular complexity index is 319. The predicted octanol–water partition coefficient (Wildman–Crippen LogP) is 6.79. The third kappa shape index (κ3) is 2.69. The summed E-state index contributed by atoms with van der Waals surface area (Å²) >= 11 is 0. The highest BCUT2D eigenvalue weighted by Gasteiger charge is 2.68. The first-order valence-corrected chi connectivity index (χ1v) is 8.96. The molecule has 120 valence electrons. The summed E-state index contributed by atoms with van der Waals surface area (Å²) in [5, 5.41) is 0. The van der Waals surface area contributed by atoms with Crippen LogP contribution < -0.4 is 0 Å². The summed E-state index contributed by atoms with van der Waals surface area (Å²) in [6.07, 6.45) is 4.06. The first kappa shape index (κ1) is 18.1. The molecule has 0 aromatic carbocycles. The summed E-state index contributed by atoms with van der Waals surface area (Å²) in [5.41, 5.74) is 1.45. The highest BCUT2D eigenvalue weighted by Crippen LogP contribution is 2.75. The third-order valence-corrected chi connectivity index (χ3v) is 7.40. The molecule has 5 atom stereocenters. The number of hydrogen-bond acceptors (Lipinski definition) is 0. The van der Waals surface area contributed by atoms with Crippen LogP contribution in [-0.4, -0.2) is 0 Å². The van der Waals surface area contributed by atoms with Crippen molar-refractivity contribution >= 4 is 0 Å². The second-order valence-electron chi connectivity index (χ2n) is 9.37. The van der Waals surface area contributed by atoms with Gasteiger partial charge in [-0.05, 0) is 46.3 Å². The molecule has 0 amide bonds. The zero-order valence-corrected chi connectivity index (χ0v) is 15.9. The fraction of sp³-hybridized carbons (Fsp3) is 1.00. The Morgan fingerprint density at radius 3 is 1.75 bits per heavy atom. The summed E-state index contributed by atoms with van der Waals surface area (Å²) in [5.74, 6) is 3.37. The van der Waals surface area contributed by atoms with Gasteiger partial charge in [0.15, 0.2) is 0 Å². The Morgan fingerprint density at radius 1 is 0.950 bits per heavy atom. The van der Waals surface area contributed by atoms with Gasteiger partial charge >= 0.3 is 0 Å². The summed E-state index contributed by atoms with van der Waals surface area (Å²) in [4.78, 5) is 0. The van der Waals surface area contributed by atoms with E-state index in [4.69, 9.17) is 0 Å². The minimum Gasteiger partial charge on any atom is -0.0651 e. The Kier molecular flexibility index (Phi) is 5.10. The molecule has 1 aliphatic rings. The van der Waals surface area contributed by atoms with Gasteiger partial charge < -0.3 is 0 Å². The van der Waals surface area contributed by atoms with Gasteiger partial charge in [-0.2, -0.15) is 0 Å². The van der Waals surface area contributed by atoms with E-state index in [1.165, 1.54) is 19.3 Å². The van der Waals surface area contributed by atoms with Crippen molar-refractivity contribution in [2.75, 3.05) is 0 Å². The van der Waals surface area contributed by atoms with E-state index in [1.807, 2.05) is 0 Å². The van der Waals surface area contributed by atoms with E-state index < -0.39 is 0 Å². The lowest BCUT2D eigenvalue weighted by atomic mass is 9.57. The molecule has 0 bridgehead atoms. The van der Waals surface area contributed by atoms with Crippen LogP contribution >= 0.6 is 0 Å². The van der Waals surface area contributed by atoms with Crippen LogP contribution in [0.3, 0.4) is 0 Å². The van der Waals surface area contributed by atoms with Crippen molar-refractivity contribution in [2.24, 2.45) is 39.9 Å². The van der Waals surface area contributed by atoms with E-state index in [0.29, 0.717) is 16.2 Å². The predicted molar refractivity (Wildman–Crippen MR) is 91.9 cm³/mol. The normalized spacial score (nSPS) is 31.8.